The van der Waals surface area contributed by atoms with E-state index in [1.165, 1.54) is 0 Å². The molecule has 0 atom stereocenters. The average molecular weight is 377 g/mol. The van der Waals surface area contributed by atoms with Crippen LogP contribution >= 0.6 is 0 Å². The van der Waals surface area contributed by atoms with Crippen molar-refractivity contribution in [3.63, 3.8) is 0 Å². The van der Waals surface area contributed by atoms with Crippen LogP contribution in [-0.4, -0.2) is 28.9 Å². The van der Waals surface area contributed by atoms with E-state index in [4.69, 9.17) is 5.11 Å². The number of amides is 1. The van der Waals surface area contributed by atoms with E-state index in [2.05, 4.69) is 6.08 Å². The first-order valence-electron chi connectivity index (χ1n) is 5.78. The fourth-order valence-electron chi connectivity index (χ4n) is 1.98. The van der Waals surface area contributed by atoms with Gasteiger partial charge in [0.05, 0.1) is 18.2 Å². The summed E-state index contributed by atoms with van der Waals surface area (Å²) in [6.07, 6.45) is -0.240. The fourth-order valence-corrected chi connectivity index (χ4v) is 1.98. The summed E-state index contributed by atoms with van der Waals surface area (Å²) in [5.74, 6) is -3.56. The number of allylic oxidation sites excluding steroid dienone is 1. The summed E-state index contributed by atoms with van der Waals surface area (Å²) in [6.45, 7) is -0.957. The van der Waals surface area contributed by atoms with Crippen molar-refractivity contribution in [2.45, 2.75) is 19.3 Å². The maximum Gasteiger partial charge on any atom is 0.256 e. The van der Waals surface area contributed by atoms with Gasteiger partial charge < -0.3 is 10.0 Å². The van der Waals surface area contributed by atoms with E-state index in [1.807, 2.05) is 0 Å². The summed E-state index contributed by atoms with van der Waals surface area (Å²) in [5, 5.41) is 9.07. The maximum absolute atomic E-state index is 13.7. The number of nitrogens with zero attached hydrogens (tertiary/aromatic N) is 1. The van der Waals surface area contributed by atoms with Crippen LogP contribution in [0.3, 0.4) is 0 Å². The Hall–Kier alpha value is -0.946. The predicted molar refractivity (Wildman–Crippen MR) is 61.6 cm³/mol. The Morgan fingerprint density at radius 2 is 1.86 bits per heavy atom. The fraction of sp³-hybridized carbons (Fsp3) is 0.308. The van der Waals surface area contributed by atoms with Gasteiger partial charge in [-0.3, -0.25) is 4.79 Å². The van der Waals surface area contributed by atoms with Gasteiger partial charge in [0.2, 0.25) is 5.91 Å². The van der Waals surface area contributed by atoms with Crippen LogP contribution in [0, 0.1) is 17.7 Å². The van der Waals surface area contributed by atoms with Crippen molar-refractivity contribution < 1.29 is 60.2 Å². The number of aromatic hydroxyl groups is 1. The van der Waals surface area contributed by atoms with Gasteiger partial charge >= 0.3 is 0 Å². The van der Waals surface area contributed by atoms with Crippen LogP contribution in [0.4, 0.5) is 17.6 Å². The molecule has 1 amide bonds. The Balaban J connectivity index is 0.00000220. The third-order valence-corrected chi connectivity index (χ3v) is 2.79. The molecule has 0 saturated heterocycles. The van der Waals surface area contributed by atoms with Crippen molar-refractivity contribution in [2.24, 2.45) is 0 Å². The van der Waals surface area contributed by atoms with Crippen LogP contribution < -0.4 is 0 Å². The standard InChI is InChI=1S/C13H10F4NO2.Y/c14-8-4-7(19)5-9(15)13(8)10-2-1-3-12(20)18(10)6-11(16)17;/h4-5,11,19H,1,3,6H2;/q-1;. The number of rotatable bonds is 3. The van der Waals surface area contributed by atoms with Gasteiger partial charge in [0.1, 0.15) is 5.75 Å². The van der Waals surface area contributed by atoms with E-state index in [1.54, 1.807) is 0 Å². The molecule has 0 unspecified atom stereocenters. The van der Waals surface area contributed by atoms with Crippen molar-refractivity contribution >= 4 is 11.6 Å². The van der Waals surface area contributed by atoms with Crippen molar-refractivity contribution in [2.75, 3.05) is 6.54 Å². The minimum Gasteiger partial charge on any atom is -0.508 e. The summed E-state index contributed by atoms with van der Waals surface area (Å²) in [7, 11) is 0. The molecule has 1 aliphatic heterocycles. The molecule has 1 aliphatic rings. The first-order valence-corrected chi connectivity index (χ1v) is 5.78. The molecule has 1 N–H and O–H groups in total. The van der Waals surface area contributed by atoms with E-state index in [0.717, 1.165) is 0 Å². The Labute approximate surface area is 143 Å². The zero-order valence-electron chi connectivity index (χ0n) is 10.7. The van der Waals surface area contributed by atoms with Gasteiger partial charge in [-0.25, -0.2) is 23.6 Å². The molecular formula is C13H10F4NO2Y-. The molecule has 1 heterocycles. The minimum absolute atomic E-state index is 0. The molecule has 1 aromatic rings. The van der Waals surface area contributed by atoms with Gasteiger partial charge in [-0.05, 0) is 12.1 Å². The molecule has 0 aliphatic carbocycles. The Morgan fingerprint density at radius 3 is 2.38 bits per heavy atom. The molecule has 0 saturated carbocycles. The van der Waals surface area contributed by atoms with Crippen molar-refractivity contribution in [1.82, 2.24) is 4.90 Å². The van der Waals surface area contributed by atoms with E-state index < -0.39 is 41.8 Å². The molecule has 1 radical (unpaired) electrons. The molecule has 21 heavy (non-hydrogen) atoms. The number of halogens is 4. The normalized spacial score (nSPS) is 15.0. The van der Waals surface area contributed by atoms with Crippen LogP contribution in [0.1, 0.15) is 18.4 Å². The SMILES string of the molecule is O=C1CC[C-]=C(c2c(F)cc(O)cc2F)N1CC(F)F.[Y]. The van der Waals surface area contributed by atoms with E-state index in [0.29, 0.717) is 17.0 Å². The van der Waals surface area contributed by atoms with Crippen LogP contribution in [-0.2, 0) is 37.5 Å². The number of hydrogen-bond donors (Lipinski definition) is 1. The predicted octanol–water partition coefficient (Wildman–Crippen LogP) is 2.70. The smallest absolute Gasteiger partial charge is 0.256 e. The molecular weight excluding hydrogens is 367 g/mol. The Bertz CT molecular complexity index is 554. The molecule has 1 aromatic carbocycles. The molecule has 8 heteroatoms. The van der Waals surface area contributed by atoms with E-state index >= 15 is 0 Å². The number of carbonyl (C=O) groups excluding carboxylic acids is 1. The van der Waals surface area contributed by atoms with Crippen LogP contribution in [0.25, 0.3) is 5.70 Å². The molecule has 2 rings (SSSR count). The second-order valence-corrected chi connectivity index (χ2v) is 4.21. The molecule has 0 aromatic heterocycles. The largest absolute Gasteiger partial charge is 0.508 e. The first kappa shape index (κ1) is 18.1. The topological polar surface area (TPSA) is 40.5 Å². The number of hydrogen-bond acceptors (Lipinski definition) is 2. The van der Waals surface area contributed by atoms with Gasteiger partial charge in [-0.1, -0.05) is 5.56 Å². The second-order valence-electron chi connectivity index (χ2n) is 4.21. The van der Waals surface area contributed by atoms with Gasteiger partial charge in [0, 0.05) is 39.1 Å². The number of phenols is 1. The first-order chi connectivity index (χ1) is 9.40. The summed E-state index contributed by atoms with van der Waals surface area (Å²) in [5.41, 5.74) is -0.993. The van der Waals surface area contributed by atoms with Gasteiger partial charge in [-0.2, -0.15) is 0 Å². The average Bonchev–Trinajstić information content (AvgIpc) is 2.31. The van der Waals surface area contributed by atoms with E-state index in [-0.39, 0.29) is 51.2 Å². The molecule has 0 fully saturated rings. The quantitative estimate of drug-likeness (QED) is 0.650. The van der Waals surface area contributed by atoms with Crippen LogP contribution in [0.15, 0.2) is 12.1 Å². The van der Waals surface area contributed by atoms with Gasteiger partial charge in [0.15, 0.2) is 0 Å². The number of phenolic OH excluding ortho intramolecular Hbond substituents is 1. The van der Waals surface area contributed by atoms with E-state index in [9.17, 15) is 22.4 Å². The third-order valence-electron chi connectivity index (χ3n) is 2.79. The van der Waals surface area contributed by atoms with Gasteiger partial charge in [0.25, 0.3) is 6.43 Å². The molecule has 111 valence electrons. The zero-order chi connectivity index (χ0) is 14.9. The molecule has 0 bridgehead atoms. The number of benzene rings is 1. The summed E-state index contributed by atoms with van der Waals surface area (Å²) < 4.78 is 52.5. The molecule has 3 nitrogen and oxygen atoms in total. The third kappa shape index (κ3) is 4.04. The number of alkyl halides is 2. The van der Waals surface area contributed by atoms with Gasteiger partial charge in [-0.15, -0.1) is 12.1 Å². The zero-order valence-corrected chi connectivity index (χ0v) is 13.6. The minimum atomic E-state index is -2.84. The second kappa shape index (κ2) is 7.36. The Kier molecular flexibility index (Phi) is 6.34. The molecule has 0 spiro atoms. The monoisotopic (exact) mass is 377 g/mol. The summed E-state index contributed by atoms with van der Waals surface area (Å²) in [4.78, 5) is 12.3. The Morgan fingerprint density at radius 1 is 1.29 bits per heavy atom. The number of carbonyl (C=O) groups is 1. The summed E-state index contributed by atoms with van der Waals surface area (Å²) in [6, 6.07) is 1.29. The van der Waals surface area contributed by atoms with Crippen molar-refractivity contribution in [3.8, 4) is 5.75 Å². The van der Waals surface area contributed by atoms with Crippen molar-refractivity contribution in [3.05, 3.63) is 35.4 Å². The summed E-state index contributed by atoms with van der Waals surface area (Å²) >= 11 is 0. The van der Waals surface area contributed by atoms with Crippen LogP contribution in [0.5, 0.6) is 5.75 Å². The van der Waals surface area contributed by atoms with Crippen LogP contribution in [0.2, 0.25) is 0 Å². The van der Waals surface area contributed by atoms with Crippen molar-refractivity contribution in [1.29, 1.82) is 0 Å². The maximum atomic E-state index is 13.7.